The highest BCUT2D eigenvalue weighted by atomic mass is 19.4. The first-order valence-corrected chi connectivity index (χ1v) is 12.3. The van der Waals surface area contributed by atoms with Crippen molar-refractivity contribution in [2.75, 3.05) is 11.1 Å². The zero-order valence-electron chi connectivity index (χ0n) is 21.1. The third-order valence-electron chi connectivity index (χ3n) is 6.52. The van der Waals surface area contributed by atoms with Crippen LogP contribution in [-0.2, 0) is 12.7 Å². The van der Waals surface area contributed by atoms with Crippen LogP contribution in [0.4, 0.5) is 29.1 Å². The largest absolute Gasteiger partial charge is 0.423 e. The summed E-state index contributed by atoms with van der Waals surface area (Å²) in [5, 5.41) is 9.20. The van der Waals surface area contributed by atoms with E-state index in [0.717, 1.165) is 12.3 Å². The molecule has 1 atom stereocenters. The second-order valence-corrected chi connectivity index (χ2v) is 9.36. The van der Waals surface area contributed by atoms with Crippen molar-refractivity contribution in [1.29, 1.82) is 0 Å². The van der Waals surface area contributed by atoms with Gasteiger partial charge in [0.15, 0.2) is 5.82 Å². The molecule has 0 radical (unpaired) electrons. The Labute approximate surface area is 223 Å². The first-order chi connectivity index (χ1) is 19.0. The van der Waals surface area contributed by atoms with Crippen LogP contribution in [0.2, 0.25) is 0 Å². The van der Waals surface area contributed by atoms with E-state index in [2.05, 4.69) is 20.4 Å². The quantitative estimate of drug-likeness (QED) is 0.249. The molecule has 3 aromatic heterocycles. The fourth-order valence-corrected chi connectivity index (χ4v) is 4.57. The number of fused-ring (bicyclic) bond motifs is 2. The SMILES string of the molecule is C[C@@H](CCCn1ccc2cc(-c3nc(N)c4ccccc4n3)c(F)cc2c1=O)Nc1cn[nH]c(=O)c1C(F)(F)F. The van der Waals surface area contributed by atoms with E-state index in [0.29, 0.717) is 29.1 Å². The molecule has 3 heterocycles. The Bertz CT molecular complexity index is 1850. The van der Waals surface area contributed by atoms with Gasteiger partial charge in [-0.15, -0.1) is 0 Å². The fourth-order valence-electron chi connectivity index (χ4n) is 4.57. The standard InChI is InChI=1S/C27H23F4N7O2/c1-14(34-21-13-33-37-25(39)22(21)27(29,30)31)5-4-9-38-10-8-15-11-18(19(28)12-17(15)26(38)40)24-35-20-7-3-2-6-16(20)23(32)36-24/h2-3,6-8,10-14H,4-5,9H2,1H3,(H2,32,35,36)(H2,34,37,39)/t14-/m0/s1. The number of alkyl halides is 3. The Morgan fingerprint density at radius 1 is 1.10 bits per heavy atom. The molecule has 0 aliphatic carbocycles. The normalized spacial score (nSPS) is 12.6. The summed E-state index contributed by atoms with van der Waals surface area (Å²) in [4.78, 5) is 33.4. The average Bonchev–Trinajstić information content (AvgIpc) is 2.89. The molecule has 0 amide bonds. The summed E-state index contributed by atoms with van der Waals surface area (Å²) >= 11 is 0. The van der Waals surface area contributed by atoms with Gasteiger partial charge in [-0.1, -0.05) is 12.1 Å². The van der Waals surface area contributed by atoms with Gasteiger partial charge in [0.05, 0.1) is 28.4 Å². The van der Waals surface area contributed by atoms with Crippen molar-refractivity contribution in [3.63, 3.8) is 0 Å². The van der Waals surface area contributed by atoms with Gasteiger partial charge in [-0.3, -0.25) is 9.59 Å². The van der Waals surface area contributed by atoms with Gasteiger partial charge in [-0.25, -0.2) is 19.5 Å². The van der Waals surface area contributed by atoms with Crippen LogP contribution < -0.4 is 22.2 Å². The third-order valence-corrected chi connectivity index (χ3v) is 6.52. The van der Waals surface area contributed by atoms with Gasteiger partial charge in [0.25, 0.3) is 11.1 Å². The van der Waals surface area contributed by atoms with Crippen LogP contribution in [0.15, 0.2) is 64.4 Å². The molecule has 0 spiro atoms. The monoisotopic (exact) mass is 553 g/mol. The lowest BCUT2D eigenvalue weighted by Crippen LogP contribution is -2.27. The molecule has 0 bridgehead atoms. The van der Waals surface area contributed by atoms with Crippen molar-refractivity contribution in [3.05, 3.63) is 86.9 Å². The number of para-hydroxylation sites is 1. The number of halogens is 4. The third kappa shape index (κ3) is 5.22. The summed E-state index contributed by atoms with van der Waals surface area (Å²) in [6.07, 6.45) is -1.57. The minimum Gasteiger partial charge on any atom is -0.383 e. The molecule has 5 aromatic rings. The first kappa shape index (κ1) is 26.8. The zero-order chi connectivity index (χ0) is 28.6. The van der Waals surface area contributed by atoms with Gasteiger partial charge in [-0.2, -0.15) is 18.3 Å². The summed E-state index contributed by atoms with van der Waals surface area (Å²) in [6.45, 7) is 1.90. The molecule has 13 heteroatoms. The molecule has 5 rings (SSSR count). The number of hydrogen-bond acceptors (Lipinski definition) is 7. The Morgan fingerprint density at radius 3 is 2.65 bits per heavy atom. The van der Waals surface area contributed by atoms with Crippen LogP contribution in [0.3, 0.4) is 0 Å². The lowest BCUT2D eigenvalue weighted by Gasteiger charge is -2.18. The Morgan fingerprint density at radius 2 is 1.88 bits per heavy atom. The number of benzene rings is 2. The van der Waals surface area contributed by atoms with E-state index in [1.807, 2.05) is 0 Å². The molecule has 9 nitrogen and oxygen atoms in total. The summed E-state index contributed by atoms with van der Waals surface area (Å²) in [5.74, 6) is -0.364. The molecule has 0 fully saturated rings. The van der Waals surface area contributed by atoms with Crippen LogP contribution in [0.1, 0.15) is 25.3 Å². The molecule has 0 aliphatic heterocycles. The molecule has 2 aromatic carbocycles. The number of rotatable bonds is 7. The van der Waals surface area contributed by atoms with Crippen molar-refractivity contribution in [2.45, 2.75) is 38.5 Å². The Balaban J connectivity index is 1.33. The van der Waals surface area contributed by atoms with Gasteiger partial charge in [-0.05, 0) is 55.5 Å². The Hall–Kier alpha value is -4.81. The highest BCUT2D eigenvalue weighted by Crippen LogP contribution is 2.32. The van der Waals surface area contributed by atoms with Crippen LogP contribution in [0, 0.1) is 5.82 Å². The molecule has 0 saturated heterocycles. The Kier molecular flexibility index (Phi) is 6.96. The average molecular weight is 554 g/mol. The zero-order valence-corrected chi connectivity index (χ0v) is 21.1. The van der Waals surface area contributed by atoms with Crippen LogP contribution in [-0.4, -0.2) is 30.8 Å². The minimum atomic E-state index is -4.85. The van der Waals surface area contributed by atoms with Gasteiger partial charge in [0.1, 0.15) is 17.2 Å². The second kappa shape index (κ2) is 10.4. The van der Waals surface area contributed by atoms with Crippen LogP contribution in [0.25, 0.3) is 33.1 Å². The predicted molar refractivity (Wildman–Crippen MR) is 143 cm³/mol. The number of nitrogens with two attached hydrogens (primary N) is 1. The number of nitrogens with zero attached hydrogens (tertiary/aromatic N) is 4. The van der Waals surface area contributed by atoms with Gasteiger partial charge < -0.3 is 15.6 Å². The summed E-state index contributed by atoms with van der Waals surface area (Å²) < 4.78 is 56.4. The number of aryl methyl sites for hydroxylation is 1. The maximum absolute atomic E-state index is 15.2. The number of nitrogen functional groups attached to an aromatic ring is 1. The summed E-state index contributed by atoms with van der Waals surface area (Å²) in [5.41, 5.74) is 3.19. The molecule has 206 valence electrons. The highest BCUT2D eigenvalue weighted by molar-refractivity contribution is 5.91. The summed E-state index contributed by atoms with van der Waals surface area (Å²) in [7, 11) is 0. The number of hydrogen-bond donors (Lipinski definition) is 3. The predicted octanol–water partition coefficient (Wildman–Crippen LogP) is 4.72. The van der Waals surface area contributed by atoms with E-state index in [9.17, 15) is 22.8 Å². The number of H-pyrrole nitrogens is 1. The molecule has 0 aliphatic rings. The molecule has 0 unspecified atom stereocenters. The van der Waals surface area contributed by atoms with Crippen molar-refractivity contribution >= 4 is 33.2 Å². The van der Waals surface area contributed by atoms with Gasteiger partial charge in [0.2, 0.25) is 0 Å². The number of pyridine rings is 1. The molecular weight excluding hydrogens is 530 g/mol. The smallest absolute Gasteiger partial charge is 0.383 e. The number of aromatic nitrogens is 5. The lowest BCUT2D eigenvalue weighted by atomic mass is 10.1. The van der Waals surface area contributed by atoms with Crippen LogP contribution in [0.5, 0.6) is 0 Å². The van der Waals surface area contributed by atoms with Crippen molar-refractivity contribution in [1.82, 2.24) is 24.7 Å². The molecule has 40 heavy (non-hydrogen) atoms. The van der Waals surface area contributed by atoms with E-state index in [-0.39, 0.29) is 29.1 Å². The van der Waals surface area contributed by atoms with E-state index < -0.39 is 40.4 Å². The van der Waals surface area contributed by atoms with E-state index in [1.165, 1.54) is 10.6 Å². The summed E-state index contributed by atoms with van der Waals surface area (Å²) in [6, 6.07) is 10.9. The molecular formula is C27H23F4N7O2. The topological polar surface area (TPSA) is 132 Å². The van der Waals surface area contributed by atoms with E-state index in [4.69, 9.17) is 5.73 Å². The fraction of sp³-hybridized carbons (Fsp3) is 0.222. The van der Waals surface area contributed by atoms with Crippen molar-refractivity contribution < 1.29 is 17.6 Å². The number of anilines is 2. The van der Waals surface area contributed by atoms with Gasteiger partial charge in [0, 0.05) is 24.2 Å². The molecule has 0 saturated carbocycles. The van der Waals surface area contributed by atoms with Gasteiger partial charge >= 0.3 is 6.18 Å². The first-order valence-electron chi connectivity index (χ1n) is 12.3. The van der Waals surface area contributed by atoms with E-state index in [1.54, 1.807) is 48.6 Å². The minimum absolute atomic E-state index is 0.102. The maximum atomic E-state index is 15.2. The van der Waals surface area contributed by atoms with Crippen molar-refractivity contribution in [2.24, 2.45) is 0 Å². The molecule has 4 N–H and O–H groups in total. The van der Waals surface area contributed by atoms with E-state index >= 15 is 4.39 Å². The lowest BCUT2D eigenvalue weighted by molar-refractivity contribution is -0.138. The maximum Gasteiger partial charge on any atom is 0.423 e. The number of aromatic amines is 1. The van der Waals surface area contributed by atoms with Crippen molar-refractivity contribution in [3.8, 4) is 11.4 Å². The number of nitrogens with one attached hydrogen (secondary N) is 2. The van der Waals surface area contributed by atoms with Crippen LogP contribution >= 0.6 is 0 Å². The highest BCUT2D eigenvalue weighted by Gasteiger charge is 2.37. The second-order valence-electron chi connectivity index (χ2n) is 9.36.